The number of nitrogens with zero attached hydrogens (tertiary/aromatic N) is 3. The molecule has 2 saturated heterocycles. The Balaban J connectivity index is 1.63. The lowest BCUT2D eigenvalue weighted by Gasteiger charge is -2.36. The third-order valence-electron chi connectivity index (χ3n) is 4.28. The lowest BCUT2D eigenvalue weighted by atomic mass is 9.89. The molecule has 0 radical (unpaired) electrons. The smallest absolute Gasteiger partial charge is 0.242 e. The summed E-state index contributed by atoms with van der Waals surface area (Å²) in [7, 11) is 0. The average Bonchev–Trinajstić information content (AvgIpc) is 2.92. The predicted octanol–water partition coefficient (Wildman–Crippen LogP) is 0.690. The van der Waals surface area contributed by atoms with Crippen LogP contribution in [0.3, 0.4) is 0 Å². The van der Waals surface area contributed by atoms with Crippen LogP contribution in [-0.4, -0.2) is 60.7 Å². The van der Waals surface area contributed by atoms with Crippen LogP contribution < -0.4 is 10.6 Å². The second kappa shape index (κ2) is 6.29. The first-order valence-electron chi connectivity index (χ1n) is 7.49. The normalized spacial score (nSPS) is 22.9. The maximum absolute atomic E-state index is 12.7. The van der Waals surface area contributed by atoms with E-state index in [1.807, 2.05) is 16.5 Å². The highest BCUT2D eigenvalue weighted by Gasteiger charge is 2.39. The quantitative estimate of drug-likeness (QED) is 0.870. The highest BCUT2D eigenvalue weighted by atomic mass is 32.1. The van der Waals surface area contributed by atoms with E-state index in [0.29, 0.717) is 26.1 Å². The van der Waals surface area contributed by atoms with Crippen LogP contribution in [0, 0.1) is 0 Å². The lowest BCUT2D eigenvalue weighted by molar-refractivity contribution is -0.140. The number of amides is 1. The van der Waals surface area contributed by atoms with Crippen molar-refractivity contribution in [3.8, 4) is 0 Å². The topological polar surface area (TPSA) is 71.7 Å². The van der Waals surface area contributed by atoms with E-state index in [-0.39, 0.29) is 5.91 Å². The van der Waals surface area contributed by atoms with Gasteiger partial charge in [0.15, 0.2) is 5.13 Å². The fourth-order valence-electron chi connectivity index (χ4n) is 2.95. The van der Waals surface area contributed by atoms with Gasteiger partial charge in [0, 0.05) is 51.0 Å². The van der Waals surface area contributed by atoms with Crippen LogP contribution in [0.5, 0.6) is 0 Å². The first-order chi connectivity index (χ1) is 10.2. The van der Waals surface area contributed by atoms with Crippen molar-refractivity contribution in [2.24, 2.45) is 5.73 Å². The van der Waals surface area contributed by atoms with Gasteiger partial charge in [-0.1, -0.05) is 0 Å². The first kappa shape index (κ1) is 14.7. The van der Waals surface area contributed by atoms with Crippen LogP contribution in [0.1, 0.15) is 19.3 Å². The molecular weight excluding hydrogens is 288 g/mol. The Labute approximate surface area is 128 Å². The van der Waals surface area contributed by atoms with Gasteiger partial charge in [-0.15, -0.1) is 11.3 Å². The Morgan fingerprint density at radius 3 is 2.81 bits per heavy atom. The minimum Gasteiger partial charge on any atom is -0.381 e. The average molecular weight is 310 g/mol. The molecule has 1 amide bonds. The van der Waals surface area contributed by atoms with E-state index in [4.69, 9.17) is 10.5 Å². The van der Waals surface area contributed by atoms with Gasteiger partial charge in [-0.2, -0.15) is 0 Å². The molecule has 21 heavy (non-hydrogen) atoms. The molecule has 0 unspecified atom stereocenters. The van der Waals surface area contributed by atoms with Crippen LogP contribution in [0.2, 0.25) is 0 Å². The summed E-state index contributed by atoms with van der Waals surface area (Å²) in [6, 6.07) is 0. The molecule has 3 rings (SSSR count). The standard InChI is InChI=1S/C14H22N4O2S/c15-14(2-9-20-10-3-14)12(19)17-5-1-6-18(8-7-17)13-16-4-11-21-13/h4,11H,1-3,5-10,15H2. The van der Waals surface area contributed by atoms with E-state index in [2.05, 4.69) is 9.88 Å². The Hall–Kier alpha value is -1.18. The molecule has 7 heteroatoms. The number of ether oxygens (including phenoxy) is 1. The largest absolute Gasteiger partial charge is 0.381 e. The van der Waals surface area contributed by atoms with Crippen molar-refractivity contribution >= 4 is 22.4 Å². The van der Waals surface area contributed by atoms with E-state index >= 15 is 0 Å². The molecule has 0 spiro atoms. The van der Waals surface area contributed by atoms with E-state index in [0.717, 1.165) is 37.7 Å². The molecule has 2 aliphatic heterocycles. The molecule has 2 fully saturated rings. The Kier molecular flexibility index (Phi) is 4.42. The summed E-state index contributed by atoms with van der Waals surface area (Å²) >= 11 is 1.65. The molecular formula is C14H22N4O2S. The zero-order chi connectivity index (χ0) is 14.7. The van der Waals surface area contributed by atoms with Crippen molar-refractivity contribution < 1.29 is 9.53 Å². The van der Waals surface area contributed by atoms with Crippen LogP contribution in [0.15, 0.2) is 11.6 Å². The molecule has 0 aliphatic carbocycles. The second-order valence-electron chi connectivity index (χ2n) is 5.72. The Morgan fingerprint density at radius 2 is 2.10 bits per heavy atom. The van der Waals surface area contributed by atoms with Crippen molar-refractivity contribution in [1.29, 1.82) is 0 Å². The van der Waals surface area contributed by atoms with Gasteiger partial charge >= 0.3 is 0 Å². The summed E-state index contributed by atoms with van der Waals surface area (Å²) < 4.78 is 5.33. The number of thiazole rings is 1. The third kappa shape index (κ3) is 3.20. The molecule has 0 bridgehead atoms. The Bertz CT molecular complexity index is 473. The van der Waals surface area contributed by atoms with Crippen LogP contribution >= 0.6 is 11.3 Å². The maximum atomic E-state index is 12.7. The second-order valence-corrected chi connectivity index (χ2v) is 6.59. The number of hydrogen-bond acceptors (Lipinski definition) is 6. The van der Waals surface area contributed by atoms with Gasteiger partial charge in [0.2, 0.25) is 5.91 Å². The zero-order valence-corrected chi connectivity index (χ0v) is 13.0. The SMILES string of the molecule is NC1(C(=O)N2CCCN(c3nccs3)CC2)CCOCC1. The molecule has 0 aromatic carbocycles. The molecule has 2 aliphatic rings. The number of anilines is 1. The first-order valence-corrected chi connectivity index (χ1v) is 8.37. The minimum atomic E-state index is -0.728. The van der Waals surface area contributed by atoms with E-state index < -0.39 is 5.54 Å². The number of nitrogens with two attached hydrogens (primary N) is 1. The molecule has 0 saturated carbocycles. The van der Waals surface area contributed by atoms with Gasteiger partial charge < -0.3 is 20.3 Å². The highest BCUT2D eigenvalue weighted by Crippen LogP contribution is 2.23. The van der Waals surface area contributed by atoms with Crippen molar-refractivity contribution in [2.75, 3.05) is 44.3 Å². The van der Waals surface area contributed by atoms with Gasteiger partial charge in [0.05, 0.1) is 5.54 Å². The number of rotatable bonds is 2. The molecule has 0 atom stereocenters. The van der Waals surface area contributed by atoms with Gasteiger partial charge in [-0.05, 0) is 19.3 Å². The van der Waals surface area contributed by atoms with Crippen molar-refractivity contribution in [1.82, 2.24) is 9.88 Å². The van der Waals surface area contributed by atoms with Crippen LogP contribution in [0.4, 0.5) is 5.13 Å². The van der Waals surface area contributed by atoms with Gasteiger partial charge in [0.25, 0.3) is 0 Å². The maximum Gasteiger partial charge on any atom is 0.242 e. The lowest BCUT2D eigenvalue weighted by Crippen LogP contribution is -2.58. The van der Waals surface area contributed by atoms with E-state index in [9.17, 15) is 4.79 Å². The molecule has 1 aromatic heterocycles. The highest BCUT2D eigenvalue weighted by molar-refractivity contribution is 7.13. The molecule has 3 heterocycles. The van der Waals surface area contributed by atoms with Gasteiger partial charge in [-0.25, -0.2) is 4.98 Å². The summed E-state index contributed by atoms with van der Waals surface area (Å²) in [6.45, 7) is 4.44. The van der Waals surface area contributed by atoms with Crippen molar-refractivity contribution in [3.63, 3.8) is 0 Å². The fraction of sp³-hybridized carbons (Fsp3) is 0.714. The van der Waals surface area contributed by atoms with Gasteiger partial charge in [-0.3, -0.25) is 4.79 Å². The van der Waals surface area contributed by atoms with E-state index in [1.165, 1.54) is 0 Å². The summed E-state index contributed by atoms with van der Waals surface area (Å²) in [5.41, 5.74) is 5.59. The molecule has 116 valence electrons. The zero-order valence-electron chi connectivity index (χ0n) is 12.2. The predicted molar refractivity (Wildman–Crippen MR) is 82.5 cm³/mol. The summed E-state index contributed by atoms with van der Waals surface area (Å²) in [4.78, 5) is 21.3. The number of aromatic nitrogens is 1. The number of hydrogen-bond donors (Lipinski definition) is 1. The summed E-state index contributed by atoms with van der Waals surface area (Å²) in [6.07, 6.45) is 4.03. The van der Waals surface area contributed by atoms with Crippen molar-refractivity contribution in [2.45, 2.75) is 24.8 Å². The fourth-order valence-corrected chi connectivity index (χ4v) is 3.65. The molecule has 1 aromatic rings. The number of carbonyl (C=O) groups is 1. The monoisotopic (exact) mass is 310 g/mol. The molecule has 6 nitrogen and oxygen atoms in total. The van der Waals surface area contributed by atoms with Crippen molar-refractivity contribution in [3.05, 3.63) is 11.6 Å². The van der Waals surface area contributed by atoms with Gasteiger partial charge in [0.1, 0.15) is 0 Å². The number of carbonyl (C=O) groups excluding carboxylic acids is 1. The Morgan fingerprint density at radius 1 is 1.29 bits per heavy atom. The summed E-state index contributed by atoms with van der Waals surface area (Å²) in [5.74, 6) is 0.0896. The van der Waals surface area contributed by atoms with E-state index in [1.54, 1.807) is 11.3 Å². The molecule has 2 N–H and O–H groups in total. The summed E-state index contributed by atoms with van der Waals surface area (Å²) in [5, 5.41) is 3.03. The van der Waals surface area contributed by atoms with Crippen LogP contribution in [-0.2, 0) is 9.53 Å². The minimum absolute atomic E-state index is 0.0896. The van der Waals surface area contributed by atoms with Crippen LogP contribution in [0.25, 0.3) is 0 Å². The third-order valence-corrected chi connectivity index (χ3v) is 5.12.